The molecule has 1 aromatic carbocycles. The van der Waals surface area contributed by atoms with E-state index >= 15 is 0 Å². The highest BCUT2D eigenvalue weighted by atomic mass is 35.5. The van der Waals surface area contributed by atoms with Gasteiger partial charge in [-0.25, -0.2) is 9.97 Å². The Balaban J connectivity index is 2.10. The predicted molar refractivity (Wildman–Crippen MR) is 86.1 cm³/mol. The van der Waals surface area contributed by atoms with Gasteiger partial charge in [0.25, 0.3) is 0 Å². The minimum absolute atomic E-state index is 0.229. The molecule has 1 N–H and O–H groups in total. The SMILES string of the molecule is Cn1nc2ccc(-c3[nH]nc4ncnc(C#N)c34)c(Cl)c2c1Cl. The first-order valence-electron chi connectivity index (χ1n) is 6.52. The van der Waals surface area contributed by atoms with Gasteiger partial charge in [-0.2, -0.15) is 15.5 Å². The second-order valence-corrected chi connectivity index (χ2v) is 5.60. The van der Waals surface area contributed by atoms with Gasteiger partial charge in [-0.15, -0.1) is 0 Å². The lowest BCUT2D eigenvalue weighted by molar-refractivity contribution is 0.780. The van der Waals surface area contributed by atoms with E-state index in [0.717, 1.165) is 0 Å². The van der Waals surface area contributed by atoms with E-state index in [4.69, 9.17) is 23.2 Å². The highest BCUT2D eigenvalue weighted by Crippen LogP contribution is 2.39. The summed E-state index contributed by atoms with van der Waals surface area (Å²) in [6.07, 6.45) is 1.30. The summed E-state index contributed by atoms with van der Waals surface area (Å²) in [7, 11) is 1.74. The Hall–Kier alpha value is -2.69. The van der Waals surface area contributed by atoms with Crippen molar-refractivity contribution in [2.75, 3.05) is 0 Å². The number of nitrogens with zero attached hydrogens (tertiary/aromatic N) is 6. The number of fused-ring (bicyclic) bond motifs is 2. The van der Waals surface area contributed by atoms with E-state index in [9.17, 15) is 5.26 Å². The third-order valence-electron chi connectivity index (χ3n) is 3.59. The van der Waals surface area contributed by atoms with Gasteiger partial charge >= 0.3 is 0 Å². The predicted octanol–water partition coefficient (Wildman–Crippen LogP) is 3.09. The lowest BCUT2D eigenvalue weighted by Crippen LogP contribution is -1.88. The molecule has 3 aromatic heterocycles. The molecule has 0 fully saturated rings. The van der Waals surface area contributed by atoms with Gasteiger partial charge < -0.3 is 0 Å². The molecule has 9 heteroatoms. The minimum atomic E-state index is 0.229. The van der Waals surface area contributed by atoms with Crippen LogP contribution < -0.4 is 0 Å². The van der Waals surface area contributed by atoms with E-state index in [2.05, 4.69) is 25.3 Å². The van der Waals surface area contributed by atoms with Crippen LogP contribution in [0.3, 0.4) is 0 Å². The van der Waals surface area contributed by atoms with Crippen molar-refractivity contribution in [3.63, 3.8) is 0 Å². The normalized spacial score (nSPS) is 11.2. The number of aromatic nitrogens is 6. The lowest BCUT2D eigenvalue weighted by atomic mass is 10.1. The van der Waals surface area contributed by atoms with E-state index in [1.165, 1.54) is 6.33 Å². The molecular weight excluding hydrogens is 337 g/mol. The molecule has 0 radical (unpaired) electrons. The minimum Gasteiger partial charge on any atom is -0.275 e. The Morgan fingerprint density at radius 3 is 2.83 bits per heavy atom. The summed E-state index contributed by atoms with van der Waals surface area (Å²) in [5.74, 6) is 0. The van der Waals surface area contributed by atoms with Crippen LogP contribution in [-0.2, 0) is 7.05 Å². The van der Waals surface area contributed by atoms with Crippen LogP contribution in [0.4, 0.5) is 0 Å². The molecule has 0 atom stereocenters. The average molecular weight is 344 g/mol. The Morgan fingerprint density at radius 2 is 2.04 bits per heavy atom. The van der Waals surface area contributed by atoms with Gasteiger partial charge in [-0.1, -0.05) is 23.2 Å². The van der Waals surface area contributed by atoms with E-state index < -0.39 is 0 Å². The van der Waals surface area contributed by atoms with Crippen LogP contribution in [-0.4, -0.2) is 29.9 Å². The van der Waals surface area contributed by atoms with E-state index in [-0.39, 0.29) is 5.69 Å². The smallest absolute Gasteiger partial charge is 0.185 e. The summed E-state index contributed by atoms with van der Waals surface area (Å²) < 4.78 is 1.55. The largest absolute Gasteiger partial charge is 0.275 e. The maximum atomic E-state index is 9.26. The number of aromatic amines is 1. The molecule has 23 heavy (non-hydrogen) atoms. The summed E-state index contributed by atoms with van der Waals surface area (Å²) in [4.78, 5) is 8.04. The topological polar surface area (TPSA) is 96.1 Å². The second-order valence-electron chi connectivity index (χ2n) is 4.87. The summed E-state index contributed by atoms with van der Waals surface area (Å²) in [6, 6.07) is 5.65. The monoisotopic (exact) mass is 343 g/mol. The molecule has 0 aliphatic rings. The molecule has 7 nitrogen and oxygen atoms in total. The maximum absolute atomic E-state index is 9.26. The van der Waals surface area contributed by atoms with Gasteiger partial charge in [-0.3, -0.25) is 9.78 Å². The number of halogens is 2. The van der Waals surface area contributed by atoms with Crippen LogP contribution in [0.5, 0.6) is 0 Å². The summed E-state index contributed by atoms with van der Waals surface area (Å²) in [5.41, 5.74) is 2.55. The fraction of sp³-hybridized carbons (Fsp3) is 0.0714. The number of benzene rings is 1. The number of nitrogens with one attached hydrogen (secondary N) is 1. The highest BCUT2D eigenvalue weighted by molar-refractivity contribution is 6.43. The van der Waals surface area contributed by atoms with Crippen molar-refractivity contribution in [3.05, 3.63) is 34.3 Å². The van der Waals surface area contributed by atoms with E-state index in [0.29, 0.717) is 43.4 Å². The number of nitriles is 1. The molecule has 4 aromatic rings. The Labute approximate surface area is 139 Å². The standard InChI is InChI=1S/C14H7Cl2N7/c1-23-13(16)9-7(22-23)3-2-6(11(9)15)12-10-8(4-17)18-5-19-14(10)21-20-12/h2-3,5H,1H3,(H,18,19,20,21). The van der Waals surface area contributed by atoms with Crippen molar-refractivity contribution in [1.82, 2.24) is 29.9 Å². The van der Waals surface area contributed by atoms with E-state index in [1.54, 1.807) is 17.8 Å². The summed E-state index contributed by atoms with van der Waals surface area (Å²) in [5, 5.41) is 22.6. The Kier molecular flexibility index (Phi) is 2.98. The first-order chi connectivity index (χ1) is 11.1. The van der Waals surface area contributed by atoms with Gasteiger partial charge in [0, 0.05) is 12.6 Å². The van der Waals surface area contributed by atoms with Crippen LogP contribution >= 0.6 is 23.2 Å². The van der Waals surface area contributed by atoms with Crippen molar-refractivity contribution in [1.29, 1.82) is 5.26 Å². The zero-order valence-electron chi connectivity index (χ0n) is 11.7. The molecule has 0 amide bonds. The molecule has 0 unspecified atom stereocenters. The molecule has 4 rings (SSSR count). The molecule has 0 aliphatic carbocycles. The first kappa shape index (κ1) is 13.9. The summed E-state index contributed by atoms with van der Waals surface area (Å²) in [6.45, 7) is 0. The molecular formula is C14H7Cl2N7. The van der Waals surface area contributed by atoms with Crippen molar-refractivity contribution < 1.29 is 0 Å². The van der Waals surface area contributed by atoms with Crippen molar-refractivity contribution in [3.8, 4) is 17.3 Å². The fourth-order valence-electron chi connectivity index (χ4n) is 2.54. The van der Waals surface area contributed by atoms with Crippen LogP contribution in [0.15, 0.2) is 18.5 Å². The number of H-pyrrole nitrogens is 1. The molecule has 0 saturated carbocycles. The van der Waals surface area contributed by atoms with Crippen molar-refractivity contribution in [2.45, 2.75) is 0 Å². The maximum Gasteiger partial charge on any atom is 0.185 e. The van der Waals surface area contributed by atoms with Crippen molar-refractivity contribution in [2.24, 2.45) is 7.05 Å². The Bertz CT molecular complexity index is 1120. The Morgan fingerprint density at radius 1 is 1.22 bits per heavy atom. The van der Waals surface area contributed by atoms with Gasteiger partial charge in [0.1, 0.15) is 17.5 Å². The van der Waals surface area contributed by atoms with Gasteiger partial charge in [-0.05, 0) is 12.1 Å². The molecule has 3 heterocycles. The quantitative estimate of drug-likeness (QED) is 0.572. The zero-order valence-corrected chi connectivity index (χ0v) is 13.2. The van der Waals surface area contributed by atoms with Gasteiger partial charge in [0.2, 0.25) is 0 Å². The third kappa shape index (κ3) is 1.89. The molecule has 0 saturated heterocycles. The number of hydrogen-bond acceptors (Lipinski definition) is 5. The number of hydrogen-bond donors (Lipinski definition) is 1. The van der Waals surface area contributed by atoms with Crippen LogP contribution in [0.1, 0.15) is 5.69 Å². The molecule has 0 bridgehead atoms. The zero-order chi connectivity index (χ0) is 16.1. The molecule has 0 spiro atoms. The summed E-state index contributed by atoms with van der Waals surface area (Å²) >= 11 is 12.8. The van der Waals surface area contributed by atoms with Crippen LogP contribution in [0.2, 0.25) is 10.2 Å². The van der Waals surface area contributed by atoms with E-state index in [1.807, 2.05) is 12.1 Å². The molecule has 0 aliphatic heterocycles. The first-order valence-corrected chi connectivity index (χ1v) is 7.27. The van der Waals surface area contributed by atoms with Gasteiger partial charge in [0.15, 0.2) is 11.3 Å². The second kappa shape index (κ2) is 4.91. The van der Waals surface area contributed by atoms with Crippen LogP contribution in [0, 0.1) is 11.3 Å². The van der Waals surface area contributed by atoms with Gasteiger partial charge in [0.05, 0.1) is 27.0 Å². The fourth-order valence-corrected chi connectivity index (χ4v) is 3.16. The highest BCUT2D eigenvalue weighted by Gasteiger charge is 2.20. The number of aryl methyl sites for hydroxylation is 1. The average Bonchev–Trinajstić information content (AvgIpc) is 3.10. The molecule has 112 valence electrons. The van der Waals surface area contributed by atoms with Crippen LogP contribution in [0.25, 0.3) is 33.2 Å². The third-order valence-corrected chi connectivity index (χ3v) is 4.42. The van der Waals surface area contributed by atoms with Crippen molar-refractivity contribution >= 4 is 45.1 Å². The lowest BCUT2D eigenvalue weighted by Gasteiger charge is -2.04. The number of rotatable bonds is 1.